The summed E-state index contributed by atoms with van der Waals surface area (Å²) >= 11 is 0. The molecular weight excluding hydrogens is 294 g/mol. The highest BCUT2D eigenvalue weighted by molar-refractivity contribution is 5.74. The highest BCUT2D eigenvalue weighted by Crippen LogP contribution is 2.22. The molecule has 2 heterocycles. The van der Waals surface area contributed by atoms with Crippen LogP contribution in [0.3, 0.4) is 0 Å². The van der Waals surface area contributed by atoms with Gasteiger partial charge in [-0.05, 0) is 49.2 Å². The number of hydrogen-bond donors (Lipinski definition) is 0. The second kappa shape index (κ2) is 5.93. The molecule has 0 aliphatic carbocycles. The van der Waals surface area contributed by atoms with E-state index in [1.54, 1.807) is 0 Å². The van der Waals surface area contributed by atoms with E-state index in [1.807, 2.05) is 18.3 Å². The summed E-state index contributed by atoms with van der Waals surface area (Å²) < 4.78 is 2.17. The van der Waals surface area contributed by atoms with E-state index in [4.69, 9.17) is 4.98 Å². The smallest absolute Gasteiger partial charge is 0.164 e. The Morgan fingerprint density at radius 2 is 1.71 bits per heavy atom. The van der Waals surface area contributed by atoms with E-state index in [1.165, 1.54) is 16.7 Å². The molecule has 0 fully saturated rings. The third kappa shape index (κ3) is 2.69. The summed E-state index contributed by atoms with van der Waals surface area (Å²) in [7, 11) is 0. The van der Waals surface area contributed by atoms with Crippen molar-refractivity contribution < 1.29 is 0 Å². The predicted molar refractivity (Wildman–Crippen MR) is 97.6 cm³/mol. The Hall–Kier alpha value is -2.94. The lowest BCUT2D eigenvalue weighted by Gasteiger charge is -2.10. The van der Waals surface area contributed by atoms with E-state index < -0.39 is 0 Å². The van der Waals surface area contributed by atoms with Crippen molar-refractivity contribution in [3.8, 4) is 5.69 Å². The van der Waals surface area contributed by atoms with Gasteiger partial charge >= 0.3 is 0 Å². The summed E-state index contributed by atoms with van der Waals surface area (Å²) in [6.45, 7) is 4.21. The van der Waals surface area contributed by atoms with Crippen molar-refractivity contribution in [3.05, 3.63) is 89.4 Å². The first-order chi connectivity index (χ1) is 11.7. The quantitative estimate of drug-likeness (QED) is 0.552. The third-order valence-electron chi connectivity index (χ3n) is 4.23. The monoisotopic (exact) mass is 313 g/mol. The van der Waals surface area contributed by atoms with Gasteiger partial charge in [-0.2, -0.15) is 0 Å². The van der Waals surface area contributed by atoms with Gasteiger partial charge in [-0.1, -0.05) is 42.0 Å². The Kier molecular flexibility index (Phi) is 3.62. The fourth-order valence-corrected chi connectivity index (χ4v) is 3.00. The normalized spacial score (nSPS) is 11.1. The van der Waals surface area contributed by atoms with E-state index >= 15 is 0 Å². The molecule has 0 unspecified atom stereocenters. The van der Waals surface area contributed by atoms with E-state index in [-0.39, 0.29) is 0 Å². The first kappa shape index (κ1) is 14.6. The minimum atomic E-state index is 0.782. The largest absolute Gasteiger partial charge is 0.280 e. The number of hydrogen-bond acceptors (Lipinski definition) is 2. The fourth-order valence-electron chi connectivity index (χ4n) is 3.00. The van der Waals surface area contributed by atoms with Gasteiger partial charge in [0.15, 0.2) is 5.65 Å². The average molecular weight is 313 g/mol. The van der Waals surface area contributed by atoms with Crippen molar-refractivity contribution in [2.45, 2.75) is 20.3 Å². The molecule has 4 aromatic rings. The van der Waals surface area contributed by atoms with Gasteiger partial charge in [0.05, 0.1) is 0 Å². The van der Waals surface area contributed by atoms with Gasteiger partial charge < -0.3 is 0 Å². The van der Waals surface area contributed by atoms with Crippen LogP contribution in [0.1, 0.15) is 22.5 Å². The molecule has 118 valence electrons. The first-order valence-corrected chi connectivity index (χ1v) is 8.16. The molecule has 0 spiro atoms. The second-order valence-electron chi connectivity index (χ2n) is 6.21. The molecule has 3 nitrogen and oxygen atoms in total. The Morgan fingerprint density at radius 3 is 2.50 bits per heavy atom. The van der Waals surface area contributed by atoms with E-state index in [0.717, 1.165) is 29.1 Å². The Morgan fingerprint density at radius 1 is 0.875 bits per heavy atom. The number of nitrogens with zero attached hydrogens (tertiary/aromatic N) is 3. The van der Waals surface area contributed by atoms with Crippen LogP contribution >= 0.6 is 0 Å². The molecule has 2 aromatic carbocycles. The van der Waals surface area contributed by atoms with E-state index in [2.05, 4.69) is 71.9 Å². The van der Waals surface area contributed by atoms with Gasteiger partial charge in [0.2, 0.25) is 0 Å². The van der Waals surface area contributed by atoms with Crippen LogP contribution in [0.2, 0.25) is 0 Å². The highest BCUT2D eigenvalue weighted by atomic mass is 15.1. The summed E-state index contributed by atoms with van der Waals surface area (Å²) in [5, 5.41) is 0. The number of rotatable bonds is 3. The topological polar surface area (TPSA) is 30.7 Å². The van der Waals surface area contributed by atoms with Crippen LogP contribution in [-0.2, 0) is 6.42 Å². The lowest BCUT2D eigenvalue weighted by molar-refractivity contribution is 0.923. The molecule has 0 atom stereocenters. The molecule has 0 aliphatic rings. The minimum Gasteiger partial charge on any atom is -0.280 e. The second-order valence-corrected chi connectivity index (χ2v) is 6.21. The van der Waals surface area contributed by atoms with Gasteiger partial charge in [-0.25, -0.2) is 9.97 Å². The molecule has 0 bridgehead atoms. The van der Waals surface area contributed by atoms with Gasteiger partial charge in [-0.3, -0.25) is 4.57 Å². The molecule has 0 aliphatic heterocycles. The Labute approximate surface area is 141 Å². The molecule has 4 rings (SSSR count). The molecule has 24 heavy (non-hydrogen) atoms. The van der Waals surface area contributed by atoms with Crippen molar-refractivity contribution in [2.24, 2.45) is 0 Å². The molecule has 3 heteroatoms. The average Bonchev–Trinajstić information content (AvgIpc) is 2.95. The van der Waals surface area contributed by atoms with Gasteiger partial charge in [-0.15, -0.1) is 0 Å². The number of aryl methyl sites for hydroxylation is 2. The van der Waals surface area contributed by atoms with Gasteiger partial charge in [0.1, 0.15) is 11.3 Å². The van der Waals surface area contributed by atoms with Crippen molar-refractivity contribution >= 4 is 11.2 Å². The molecule has 2 aromatic heterocycles. The number of pyridine rings is 1. The van der Waals surface area contributed by atoms with Crippen LogP contribution in [0.25, 0.3) is 16.9 Å². The van der Waals surface area contributed by atoms with Crippen LogP contribution in [0.4, 0.5) is 0 Å². The fraction of sp³-hybridized carbons (Fsp3) is 0.143. The lowest BCUT2D eigenvalue weighted by atomic mass is 10.1. The van der Waals surface area contributed by atoms with Crippen LogP contribution in [0.5, 0.6) is 0 Å². The van der Waals surface area contributed by atoms with Crippen LogP contribution in [-0.4, -0.2) is 14.5 Å². The Balaban J connectivity index is 1.88. The maximum atomic E-state index is 4.84. The van der Waals surface area contributed by atoms with Gasteiger partial charge in [0, 0.05) is 18.3 Å². The lowest BCUT2D eigenvalue weighted by Crippen LogP contribution is -2.03. The molecule has 0 N–H and O–H groups in total. The van der Waals surface area contributed by atoms with Crippen LogP contribution < -0.4 is 0 Å². The minimum absolute atomic E-state index is 0.782. The third-order valence-corrected chi connectivity index (χ3v) is 4.23. The standard InChI is InChI=1S/C21H19N3/c1-15-8-10-17(11-9-15)14-20-23-19-7-4-12-22-21(19)24(20)18-6-3-5-16(2)13-18/h3-13H,14H2,1-2H3. The van der Waals surface area contributed by atoms with Crippen molar-refractivity contribution in [1.29, 1.82) is 0 Å². The molecular formula is C21H19N3. The number of imidazole rings is 1. The SMILES string of the molecule is Cc1ccc(Cc2nc3cccnc3n2-c2cccc(C)c2)cc1. The Bertz CT molecular complexity index is 997. The number of aromatic nitrogens is 3. The zero-order chi connectivity index (χ0) is 16.5. The predicted octanol–water partition coefficient (Wildman–Crippen LogP) is 4.63. The summed E-state index contributed by atoms with van der Waals surface area (Å²) in [5.74, 6) is 1.01. The van der Waals surface area contributed by atoms with Crippen molar-refractivity contribution in [3.63, 3.8) is 0 Å². The molecule has 0 radical (unpaired) electrons. The van der Waals surface area contributed by atoms with E-state index in [9.17, 15) is 0 Å². The maximum absolute atomic E-state index is 4.84. The van der Waals surface area contributed by atoms with E-state index in [0.29, 0.717) is 0 Å². The van der Waals surface area contributed by atoms with Crippen molar-refractivity contribution in [2.75, 3.05) is 0 Å². The number of benzene rings is 2. The van der Waals surface area contributed by atoms with Gasteiger partial charge in [0.25, 0.3) is 0 Å². The maximum Gasteiger partial charge on any atom is 0.164 e. The van der Waals surface area contributed by atoms with Crippen molar-refractivity contribution in [1.82, 2.24) is 14.5 Å². The molecule has 0 amide bonds. The molecule has 0 saturated carbocycles. The summed E-state index contributed by atoms with van der Waals surface area (Å²) in [6.07, 6.45) is 2.61. The summed E-state index contributed by atoms with van der Waals surface area (Å²) in [4.78, 5) is 9.40. The van der Waals surface area contributed by atoms with Crippen LogP contribution in [0.15, 0.2) is 66.9 Å². The summed E-state index contributed by atoms with van der Waals surface area (Å²) in [5.41, 5.74) is 6.70. The summed E-state index contributed by atoms with van der Waals surface area (Å²) in [6, 6.07) is 21.1. The zero-order valence-corrected chi connectivity index (χ0v) is 13.9. The molecule has 0 saturated heterocycles. The van der Waals surface area contributed by atoms with Crippen LogP contribution in [0, 0.1) is 13.8 Å². The first-order valence-electron chi connectivity index (χ1n) is 8.16. The zero-order valence-electron chi connectivity index (χ0n) is 13.9. The number of fused-ring (bicyclic) bond motifs is 1. The highest BCUT2D eigenvalue weighted by Gasteiger charge is 2.13.